The molecule has 0 radical (unpaired) electrons. The highest BCUT2D eigenvalue weighted by molar-refractivity contribution is 5.32. The first-order chi connectivity index (χ1) is 5.47. The molecule has 0 spiro atoms. The van der Waals surface area contributed by atoms with Crippen LogP contribution in [-0.4, -0.2) is 4.57 Å². The van der Waals surface area contributed by atoms with E-state index in [1.165, 1.54) is 5.69 Å². The number of rotatable bonds is 0. The van der Waals surface area contributed by atoms with Crippen molar-refractivity contribution < 1.29 is 4.74 Å². The Hall–Kier alpha value is -1.44. The molecule has 1 aromatic heterocycles. The number of hydrogen-bond acceptors (Lipinski definition) is 1. The highest BCUT2D eigenvalue weighted by atomic mass is 16.5. The summed E-state index contributed by atoms with van der Waals surface area (Å²) in [4.78, 5) is 0. The molecule has 0 unspecified atom stereocenters. The van der Waals surface area contributed by atoms with Crippen molar-refractivity contribution in [2.75, 3.05) is 0 Å². The molecule has 56 valence electrons. The maximum absolute atomic E-state index is 5.21. The van der Waals surface area contributed by atoms with Gasteiger partial charge in [0.05, 0.1) is 12.0 Å². The molecule has 11 heavy (non-hydrogen) atoms. The normalized spacial score (nSPS) is 14.9. The van der Waals surface area contributed by atoms with Gasteiger partial charge in [-0.1, -0.05) is 0 Å². The minimum Gasteiger partial charge on any atom is -0.495 e. The molecule has 0 bridgehead atoms. The van der Waals surface area contributed by atoms with Crippen molar-refractivity contribution >= 4 is 6.20 Å². The molecule has 2 heteroatoms. The average molecular weight is 147 g/mol. The Labute approximate surface area is 65.4 Å². The molecule has 0 N–H and O–H groups in total. The zero-order chi connectivity index (χ0) is 7.52. The zero-order valence-electron chi connectivity index (χ0n) is 6.10. The van der Waals surface area contributed by atoms with Gasteiger partial charge in [0.15, 0.2) is 0 Å². The van der Waals surface area contributed by atoms with Crippen molar-refractivity contribution in [2.24, 2.45) is 0 Å². The monoisotopic (exact) mass is 147 g/mol. The number of aromatic nitrogens is 1. The van der Waals surface area contributed by atoms with Gasteiger partial charge in [-0.3, -0.25) is 0 Å². The van der Waals surface area contributed by atoms with Gasteiger partial charge in [0, 0.05) is 12.4 Å². The Morgan fingerprint density at radius 1 is 1.36 bits per heavy atom. The quantitative estimate of drug-likeness (QED) is 0.547. The smallest absolute Gasteiger partial charge is 0.128 e. The van der Waals surface area contributed by atoms with Crippen LogP contribution in [0, 0.1) is 0 Å². The number of allylic oxidation sites excluding steroid dienone is 2. The second kappa shape index (κ2) is 2.66. The SMILES string of the molecule is C1=COCc2cccn2C=C1. The third kappa shape index (κ3) is 1.19. The van der Waals surface area contributed by atoms with Gasteiger partial charge in [0.2, 0.25) is 0 Å². The molecule has 0 atom stereocenters. The minimum atomic E-state index is 0.647. The van der Waals surface area contributed by atoms with E-state index in [0.29, 0.717) is 6.61 Å². The summed E-state index contributed by atoms with van der Waals surface area (Å²) < 4.78 is 7.25. The van der Waals surface area contributed by atoms with Crippen LogP contribution in [0.2, 0.25) is 0 Å². The van der Waals surface area contributed by atoms with E-state index in [9.17, 15) is 0 Å². The lowest BCUT2D eigenvalue weighted by molar-refractivity contribution is 0.230. The molecule has 1 aromatic rings. The average Bonchev–Trinajstić information content (AvgIpc) is 2.35. The van der Waals surface area contributed by atoms with Gasteiger partial charge in [0.25, 0.3) is 0 Å². The molecule has 0 aliphatic carbocycles. The van der Waals surface area contributed by atoms with Gasteiger partial charge in [-0.05, 0) is 24.3 Å². The third-order valence-corrected chi connectivity index (χ3v) is 1.63. The summed E-state index contributed by atoms with van der Waals surface area (Å²) >= 11 is 0. The van der Waals surface area contributed by atoms with E-state index < -0.39 is 0 Å². The predicted molar refractivity (Wildman–Crippen MR) is 43.7 cm³/mol. The Balaban J connectivity index is 2.39. The highest BCUT2D eigenvalue weighted by Crippen LogP contribution is 2.06. The van der Waals surface area contributed by atoms with Crippen molar-refractivity contribution in [3.8, 4) is 0 Å². The van der Waals surface area contributed by atoms with Crippen LogP contribution < -0.4 is 0 Å². The Morgan fingerprint density at radius 2 is 2.36 bits per heavy atom. The van der Waals surface area contributed by atoms with Crippen molar-refractivity contribution in [1.82, 2.24) is 4.57 Å². The van der Waals surface area contributed by atoms with Crippen LogP contribution in [-0.2, 0) is 11.3 Å². The lowest BCUT2D eigenvalue weighted by atomic mass is 10.4. The molecule has 0 aromatic carbocycles. The van der Waals surface area contributed by atoms with Gasteiger partial charge < -0.3 is 9.30 Å². The van der Waals surface area contributed by atoms with Crippen LogP contribution >= 0.6 is 0 Å². The molecule has 0 saturated heterocycles. The second-order valence-electron chi connectivity index (χ2n) is 2.39. The number of fused-ring (bicyclic) bond motifs is 1. The number of ether oxygens (including phenoxy) is 1. The highest BCUT2D eigenvalue weighted by Gasteiger charge is 1.97. The number of hydrogen-bond donors (Lipinski definition) is 0. The molecule has 0 amide bonds. The summed E-state index contributed by atoms with van der Waals surface area (Å²) in [5, 5.41) is 0. The molecule has 2 heterocycles. The lowest BCUT2D eigenvalue weighted by Gasteiger charge is -2.05. The summed E-state index contributed by atoms with van der Waals surface area (Å²) in [6, 6.07) is 4.05. The van der Waals surface area contributed by atoms with E-state index in [4.69, 9.17) is 4.74 Å². The molecular weight excluding hydrogens is 138 g/mol. The molecule has 2 nitrogen and oxygen atoms in total. The van der Waals surface area contributed by atoms with E-state index in [-0.39, 0.29) is 0 Å². The predicted octanol–water partition coefficient (Wildman–Crippen LogP) is 2.00. The Kier molecular flexibility index (Phi) is 1.52. The van der Waals surface area contributed by atoms with Gasteiger partial charge >= 0.3 is 0 Å². The van der Waals surface area contributed by atoms with E-state index in [1.807, 2.05) is 41.2 Å². The fourth-order valence-corrected chi connectivity index (χ4v) is 1.07. The summed E-state index contributed by atoms with van der Waals surface area (Å²) in [5.41, 5.74) is 1.17. The maximum atomic E-state index is 5.21. The van der Waals surface area contributed by atoms with Crippen LogP contribution in [0.15, 0.2) is 36.7 Å². The molecule has 0 saturated carbocycles. The Bertz CT molecular complexity index is 296. The molecule has 1 aliphatic heterocycles. The fourth-order valence-electron chi connectivity index (χ4n) is 1.07. The first-order valence-corrected chi connectivity index (χ1v) is 3.57. The van der Waals surface area contributed by atoms with Gasteiger partial charge in [-0.15, -0.1) is 0 Å². The minimum absolute atomic E-state index is 0.647. The molecule has 0 fully saturated rings. The largest absolute Gasteiger partial charge is 0.495 e. The van der Waals surface area contributed by atoms with Crippen LogP contribution in [0.25, 0.3) is 6.20 Å². The van der Waals surface area contributed by atoms with Crippen LogP contribution in [0.1, 0.15) is 5.69 Å². The summed E-state index contributed by atoms with van der Waals surface area (Å²) in [6.45, 7) is 0.647. The van der Waals surface area contributed by atoms with E-state index in [2.05, 4.69) is 0 Å². The van der Waals surface area contributed by atoms with Crippen LogP contribution in [0.3, 0.4) is 0 Å². The van der Waals surface area contributed by atoms with Crippen LogP contribution in [0.4, 0.5) is 0 Å². The van der Waals surface area contributed by atoms with Gasteiger partial charge in [-0.25, -0.2) is 0 Å². The lowest BCUT2D eigenvalue weighted by Crippen LogP contribution is -1.95. The molecule has 1 aliphatic rings. The third-order valence-electron chi connectivity index (χ3n) is 1.63. The summed E-state index contributed by atoms with van der Waals surface area (Å²) in [6.07, 6.45) is 9.54. The summed E-state index contributed by atoms with van der Waals surface area (Å²) in [5.74, 6) is 0. The topological polar surface area (TPSA) is 14.2 Å². The second-order valence-corrected chi connectivity index (χ2v) is 2.39. The summed E-state index contributed by atoms with van der Waals surface area (Å²) in [7, 11) is 0. The standard InChI is InChI=1S/C9H9NO/c1-2-7-11-8-9-4-3-6-10(9)5-1/h1-7H,8H2. The first kappa shape index (κ1) is 6.28. The van der Waals surface area contributed by atoms with Gasteiger partial charge in [-0.2, -0.15) is 0 Å². The first-order valence-electron chi connectivity index (χ1n) is 3.57. The van der Waals surface area contributed by atoms with Crippen molar-refractivity contribution in [2.45, 2.75) is 6.61 Å². The van der Waals surface area contributed by atoms with Crippen molar-refractivity contribution in [3.05, 3.63) is 42.4 Å². The van der Waals surface area contributed by atoms with E-state index in [1.54, 1.807) is 6.26 Å². The zero-order valence-corrected chi connectivity index (χ0v) is 6.10. The fraction of sp³-hybridized carbons (Fsp3) is 0.111. The van der Waals surface area contributed by atoms with Crippen molar-refractivity contribution in [3.63, 3.8) is 0 Å². The van der Waals surface area contributed by atoms with Crippen LogP contribution in [0.5, 0.6) is 0 Å². The molecule has 2 rings (SSSR count). The Morgan fingerprint density at radius 3 is 3.36 bits per heavy atom. The van der Waals surface area contributed by atoms with Gasteiger partial charge in [0.1, 0.15) is 6.61 Å². The molecular formula is C9H9NO. The van der Waals surface area contributed by atoms with E-state index >= 15 is 0 Å². The maximum Gasteiger partial charge on any atom is 0.128 e. The number of nitrogens with zero attached hydrogens (tertiary/aromatic N) is 1. The van der Waals surface area contributed by atoms with E-state index in [0.717, 1.165) is 0 Å². The van der Waals surface area contributed by atoms with Crippen molar-refractivity contribution in [1.29, 1.82) is 0 Å².